The molecule has 1 aromatic carbocycles. The van der Waals surface area contributed by atoms with E-state index >= 15 is 0 Å². The molecule has 0 aliphatic rings. The minimum atomic E-state index is 0.551. The van der Waals surface area contributed by atoms with Crippen molar-refractivity contribution in [2.45, 2.75) is 13.5 Å². The highest BCUT2D eigenvalue weighted by molar-refractivity contribution is 5.73. The molecule has 0 saturated heterocycles. The maximum atomic E-state index is 5.39. The van der Waals surface area contributed by atoms with E-state index < -0.39 is 0 Å². The van der Waals surface area contributed by atoms with Gasteiger partial charge < -0.3 is 9.15 Å². The van der Waals surface area contributed by atoms with Crippen LogP contribution in [-0.4, -0.2) is 18.8 Å². The number of nitrogens with one attached hydrogen (secondary N) is 1. The van der Waals surface area contributed by atoms with Crippen LogP contribution in [0.15, 0.2) is 22.6 Å². The molecule has 0 spiro atoms. The van der Waals surface area contributed by atoms with Gasteiger partial charge in [0.25, 0.3) is 0 Å². The Morgan fingerprint density at radius 3 is 3.13 bits per heavy atom. The van der Waals surface area contributed by atoms with E-state index in [0.29, 0.717) is 12.6 Å². The van der Waals surface area contributed by atoms with Crippen molar-refractivity contribution in [2.75, 3.05) is 13.8 Å². The molecular formula is C11H14N2O2. The largest absolute Gasteiger partial charge is 0.441 e. The smallest absolute Gasteiger partial charge is 0.192 e. The molecule has 1 N–H and O–H groups in total. The first-order valence-electron chi connectivity index (χ1n) is 4.85. The van der Waals surface area contributed by atoms with Crippen LogP contribution in [0.5, 0.6) is 0 Å². The number of rotatable bonds is 4. The first kappa shape index (κ1) is 10.1. The molecule has 80 valence electrons. The second-order valence-electron chi connectivity index (χ2n) is 3.39. The van der Waals surface area contributed by atoms with Gasteiger partial charge in [-0.15, -0.1) is 0 Å². The van der Waals surface area contributed by atoms with Gasteiger partial charge in [-0.25, -0.2) is 4.98 Å². The molecule has 15 heavy (non-hydrogen) atoms. The lowest BCUT2D eigenvalue weighted by molar-refractivity contribution is 0.174. The van der Waals surface area contributed by atoms with E-state index in [1.54, 1.807) is 7.11 Å². The summed E-state index contributed by atoms with van der Waals surface area (Å²) in [7, 11) is 1.66. The SMILES string of the molecule is COCNCc1ccc2oc(C)nc2c1. The van der Waals surface area contributed by atoms with Gasteiger partial charge in [0, 0.05) is 20.6 Å². The van der Waals surface area contributed by atoms with Crippen LogP contribution in [0.3, 0.4) is 0 Å². The van der Waals surface area contributed by atoms with Crippen LogP contribution in [0.2, 0.25) is 0 Å². The zero-order chi connectivity index (χ0) is 10.7. The molecule has 0 amide bonds. The topological polar surface area (TPSA) is 47.3 Å². The molecule has 4 heteroatoms. The van der Waals surface area contributed by atoms with Gasteiger partial charge in [0.1, 0.15) is 5.52 Å². The first-order valence-corrected chi connectivity index (χ1v) is 4.85. The maximum absolute atomic E-state index is 5.39. The van der Waals surface area contributed by atoms with E-state index in [-0.39, 0.29) is 0 Å². The Hall–Kier alpha value is -1.39. The van der Waals surface area contributed by atoms with Crippen molar-refractivity contribution < 1.29 is 9.15 Å². The quantitative estimate of drug-likeness (QED) is 0.612. The van der Waals surface area contributed by atoms with Crippen LogP contribution < -0.4 is 5.32 Å². The van der Waals surface area contributed by atoms with Crippen molar-refractivity contribution in [3.05, 3.63) is 29.7 Å². The molecule has 0 saturated carbocycles. The monoisotopic (exact) mass is 206 g/mol. The molecule has 2 rings (SSSR count). The number of benzene rings is 1. The van der Waals surface area contributed by atoms with Gasteiger partial charge in [0.2, 0.25) is 0 Å². The van der Waals surface area contributed by atoms with Crippen molar-refractivity contribution >= 4 is 11.1 Å². The molecular weight excluding hydrogens is 192 g/mol. The highest BCUT2D eigenvalue weighted by Gasteiger charge is 2.02. The third-order valence-corrected chi connectivity index (χ3v) is 2.13. The van der Waals surface area contributed by atoms with Crippen molar-refractivity contribution in [2.24, 2.45) is 0 Å². The molecule has 1 heterocycles. The maximum Gasteiger partial charge on any atom is 0.192 e. The molecule has 0 aliphatic carbocycles. The van der Waals surface area contributed by atoms with Crippen molar-refractivity contribution in [1.29, 1.82) is 0 Å². The molecule has 0 aliphatic heterocycles. The average molecular weight is 206 g/mol. The molecule has 2 aromatic rings. The third kappa shape index (κ3) is 2.34. The lowest BCUT2D eigenvalue weighted by Gasteiger charge is -2.02. The fourth-order valence-corrected chi connectivity index (χ4v) is 1.50. The number of aromatic nitrogens is 1. The van der Waals surface area contributed by atoms with Crippen molar-refractivity contribution in [3.63, 3.8) is 0 Å². The minimum absolute atomic E-state index is 0.551. The summed E-state index contributed by atoms with van der Waals surface area (Å²) in [6.07, 6.45) is 0. The van der Waals surface area contributed by atoms with E-state index in [4.69, 9.17) is 9.15 Å². The fourth-order valence-electron chi connectivity index (χ4n) is 1.50. The summed E-state index contributed by atoms with van der Waals surface area (Å²) in [6.45, 7) is 3.18. The summed E-state index contributed by atoms with van der Waals surface area (Å²) in [5, 5.41) is 3.14. The normalized spacial score (nSPS) is 11.1. The second-order valence-corrected chi connectivity index (χ2v) is 3.39. The Morgan fingerprint density at radius 2 is 2.33 bits per heavy atom. The Balaban J connectivity index is 2.15. The number of fused-ring (bicyclic) bond motifs is 1. The molecule has 4 nitrogen and oxygen atoms in total. The second kappa shape index (κ2) is 4.42. The van der Waals surface area contributed by atoms with Crippen molar-refractivity contribution in [3.8, 4) is 0 Å². The van der Waals surface area contributed by atoms with Crippen molar-refractivity contribution in [1.82, 2.24) is 10.3 Å². The summed E-state index contributed by atoms with van der Waals surface area (Å²) in [5.41, 5.74) is 2.92. The Bertz CT molecular complexity index is 451. The highest BCUT2D eigenvalue weighted by atomic mass is 16.5. The number of oxazole rings is 1. The Labute approximate surface area is 88.3 Å². The van der Waals surface area contributed by atoms with Gasteiger partial charge in [-0.2, -0.15) is 0 Å². The van der Waals surface area contributed by atoms with Gasteiger partial charge in [-0.05, 0) is 17.7 Å². The zero-order valence-electron chi connectivity index (χ0n) is 8.91. The van der Waals surface area contributed by atoms with Crippen LogP contribution >= 0.6 is 0 Å². The molecule has 0 fully saturated rings. The predicted octanol–water partition coefficient (Wildman–Crippen LogP) is 1.83. The number of hydrogen-bond acceptors (Lipinski definition) is 4. The molecule has 0 atom stereocenters. The lowest BCUT2D eigenvalue weighted by atomic mass is 10.2. The van der Waals surface area contributed by atoms with Crippen LogP contribution in [0, 0.1) is 6.92 Å². The van der Waals surface area contributed by atoms with Crippen LogP contribution in [0.25, 0.3) is 11.1 Å². The van der Waals surface area contributed by atoms with Gasteiger partial charge in [0.05, 0.1) is 6.73 Å². The predicted molar refractivity (Wildman–Crippen MR) is 57.5 cm³/mol. The van der Waals surface area contributed by atoms with E-state index in [1.165, 1.54) is 5.56 Å². The average Bonchev–Trinajstić information content (AvgIpc) is 2.57. The standard InChI is InChI=1S/C11H14N2O2/c1-8-13-10-5-9(6-12-7-14-2)3-4-11(10)15-8/h3-5,12H,6-7H2,1-2H3. The van der Waals surface area contributed by atoms with Gasteiger partial charge in [0.15, 0.2) is 11.5 Å². The lowest BCUT2D eigenvalue weighted by Crippen LogP contribution is -2.15. The summed E-state index contributed by atoms with van der Waals surface area (Å²) in [4.78, 5) is 4.28. The van der Waals surface area contributed by atoms with Crippen LogP contribution in [-0.2, 0) is 11.3 Å². The van der Waals surface area contributed by atoms with Crippen LogP contribution in [0.4, 0.5) is 0 Å². The van der Waals surface area contributed by atoms with E-state index in [2.05, 4.69) is 10.3 Å². The third-order valence-electron chi connectivity index (χ3n) is 2.13. The Kier molecular flexibility index (Phi) is 2.99. The van der Waals surface area contributed by atoms with E-state index in [0.717, 1.165) is 17.6 Å². The van der Waals surface area contributed by atoms with E-state index in [9.17, 15) is 0 Å². The number of aryl methyl sites for hydroxylation is 1. The molecule has 0 radical (unpaired) electrons. The minimum Gasteiger partial charge on any atom is -0.441 e. The molecule has 0 unspecified atom stereocenters. The number of methoxy groups -OCH3 is 1. The van der Waals surface area contributed by atoms with Crippen LogP contribution in [0.1, 0.15) is 11.5 Å². The highest BCUT2D eigenvalue weighted by Crippen LogP contribution is 2.16. The molecule has 0 bridgehead atoms. The van der Waals surface area contributed by atoms with Gasteiger partial charge in [-0.3, -0.25) is 5.32 Å². The zero-order valence-corrected chi connectivity index (χ0v) is 8.91. The summed E-state index contributed by atoms with van der Waals surface area (Å²) in [5.74, 6) is 0.701. The van der Waals surface area contributed by atoms with E-state index in [1.807, 2.05) is 25.1 Å². The first-order chi connectivity index (χ1) is 7.29. The summed E-state index contributed by atoms with van der Waals surface area (Å²) >= 11 is 0. The number of nitrogens with zero attached hydrogens (tertiary/aromatic N) is 1. The van der Waals surface area contributed by atoms with Gasteiger partial charge in [-0.1, -0.05) is 6.07 Å². The summed E-state index contributed by atoms with van der Waals surface area (Å²) in [6, 6.07) is 5.99. The molecule has 1 aromatic heterocycles. The van der Waals surface area contributed by atoms with Gasteiger partial charge >= 0.3 is 0 Å². The Morgan fingerprint density at radius 1 is 1.47 bits per heavy atom. The fraction of sp³-hybridized carbons (Fsp3) is 0.364. The number of hydrogen-bond donors (Lipinski definition) is 1. The number of ether oxygens (including phenoxy) is 1. The summed E-state index contributed by atoms with van der Waals surface area (Å²) < 4.78 is 10.3.